The quantitative estimate of drug-likeness (QED) is 0.408. The third kappa shape index (κ3) is 5.44. The van der Waals surface area contributed by atoms with Crippen molar-refractivity contribution in [2.24, 2.45) is 0 Å². The first-order chi connectivity index (χ1) is 17.7. The van der Waals surface area contributed by atoms with Crippen molar-refractivity contribution in [2.75, 3.05) is 18.5 Å². The molecule has 10 heteroatoms. The Hall–Kier alpha value is -4.31. The molecule has 1 fully saturated rings. The Morgan fingerprint density at radius 3 is 2.46 bits per heavy atom. The molecule has 2 aromatic carbocycles. The predicted molar refractivity (Wildman–Crippen MR) is 141 cm³/mol. The van der Waals surface area contributed by atoms with Crippen molar-refractivity contribution >= 4 is 46.5 Å². The molecule has 0 aliphatic carbocycles. The van der Waals surface area contributed by atoms with Gasteiger partial charge in [0, 0.05) is 17.1 Å². The van der Waals surface area contributed by atoms with Crippen molar-refractivity contribution in [2.45, 2.75) is 20.8 Å². The van der Waals surface area contributed by atoms with Crippen LogP contribution in [0, 0.1) is 13.8 Å². The van der Waals surface area contributed by atoms with Crippen LogP contribution >= 0.6 is 11.8 Å². The van der Waals surface area contributed by atoms with Gasteiger partial charge in [-0.05, 0) is 86.6 Å². The van der Waals surface area contributed by atoms with Crippen LogP contribution in [0.1, 0.15) is 34.2 Å². The molecule has 37 heavy (non-hydrogen) atoms. The van der Waals surface area contributed by atoms with E-state index in [0.29, 0.717) is 35.0 Å². The minimum Gasteiger partial charge on any atom is -0.494 e. The van der Waals surface area contributed by atoms with Gasteiger partial charge in [-0.2, -0.15) is 0 Å². The SMILES string of the molecule is CCOc1ccc(NC(=O)CN2C(=O)S/C(=C\c3cc(C)n(-c4ccccc4C(=O)O)c3C)C2=O)cc1. The Morgan fingerprint density at radius 1 is 1.08 bits per heavy atom. The van der Waals surface area contributed by atoms with Gasteiger partial charge in [0.15, 0.2) is 0 Å². The van der Waals surface area contributed by atoms with Crippen LogP contribution in [0.15, 0.2) is 59.5 Å². The van der Waals surface area contributed by atoms with E-state index >= 15 is 0 Å². The van der Waals surface area contributed by atoms with Gasteiger partial charge in [0.05, 0.1) is 22.8 Å². The maximum Gasteiger partial charge on any atom is 0.337 e. The van der Waals surface area contributed by atoms with E-state index in [-0.39, 0.29) is 10.5 Å². The summed E-state index contributed by atoms with van der Waals surface area (Å²) in [4.78, 5) is 50.8. The van der Waals surface area contributed by atoms with E-state index in [9.17, 15) is 24.3 Å². The number of amides is 3. The maximum atomic E-state index is 13.0. The fourth-order valence-electron chi connectivity index (χ4n) is 4.08. The molecule has 9 nitrogen and oxygen atoms in total. The van der Waals surface area contributed by atoms with E-state index in [0.717, 1.165) is 22.4 Å². The number of aromatic carboxylic acids is 1. The number of hydrogen-bond acceptors (Lipinski definition) is 6. The summed E-state index contributed by atoms with van der Waals surface area (Å²) in [6, 6.07) is 15.3. The van der Waals surface area contributed by atoms with E-state index < -0.39 is 29.6 Å². The first kappa shape index (κ1) is 25.8. The van der Waals surface area contributed by atoms with Gasteiger partial charge in [0.25, 0.3) is 11.1 Å². The second kappa shape index (κ2) is 10.8. The van der Waals surface area contributed by atoms with Gasteiger partial charge < -0.3 is 19.7 Å². The number of nitrogens with one attached hydrogen (secondary N) is 1. The number of rotatable bonds is 8. The molecule has 190 valence electrons. The van der Waals surface area contributed by atoms with Crippen LogP contribution in [0.4, 0.5) is 10.5 Å². The fourth-order valence-corrected chi connectivity index (χ4v) is 4.91. The minimum absolute atomic E-state index is 0.148. The third-order valence-corrected chi connectivity index (χ3v) is 6.66. The molecule has 0 unspecified atom stereocenters. The summed E-state index contributed by atoms with van der Waals surface area (Å²) in [5.74, 6) is -1.44. The second-order valence-electron chi connectivity index (χ2n) is 8.26. The topological polar surface area (TPSA) is 118 Å². The molecule has 4 rings (SSSR count). The van der Waals surface area contributed by atoms with Gasteiger partial charge in [-0.3, -0.25) is 19.3 Å². The molecule has 0 atom stereocenters. The van der Waals surface area contributed by atoms with Gasteiger partial charge in [0.1, 0.15) is 12.3 Å². The minimum atomic E-state index is -1.05. The van der Waals surface area contributed by atoms with Crippen LogP contribution in [0.3, 0.4) is 0 Å². The lowest BCUT2D eigenvalue weighted by Gasteiger charge is -2.13. The summed E-state index contributed by atoms with van der Waals surface area (Å²) in [6.45, 7) is 5.63. The molecule has 3 amide bonds. The molecule has 1 aliphatic heterocycles. The first-order valence-corrected chi connectivity index (χ1v) is 12.3. The van der Waals surface area contributed by atoms with Crippen molar-refractivity contribution in [1.29, 1.82) is 0 Å². The molecule has 2 heterocycles. The number of nitrogens with zero attached hydrogens (tertiary/aromatic N) is 2. The number of benzene rings is 2. The van der Waals surface area contributed by atoms with Crippen LogP contribution < -0.4 is 10.1 Å². The number of anilines is 1. The van der Waals surface area contributed by atoms with Crippen LogP contribution in [0.5, 0.6) is 5.75 Å². The summed E-state index contributed by atoms with van der Waals surface area (Å²) in [5, 5.41) is 11.7. The third-order valence-electron chi connectivity index (χ3n) is 5.76. The number of ether oxygens (including phenoxy) is 1. The normalized spacial score (nSPS) is 14.4. The van der Waals surface area contributed by atoms with Crippen molar-refractivity contribution < 1.29 is 29.0 Å². The van der Waals surface area contributed by atoms with Crippen LogP contribution in [-0.2, 0) is 9.59 Å². The monoisotopic (exact) mass is 519 g/mol. The zero-order valence-electron chi connectivity index (χ0n) is 20.5. The van der Waals surface area contributed by atoms with Crippen LogP contribution in [0.2, 0.25) is 0 Å². The summed E-state index contributed by atoms with van der Waals surface area (Å²) in [5.41, 5.74) is 3.32. The van der Waals surface area contributed by atoms with E-state index in [1.54, 1.807) is 53.1 Å². The number of thioether (sulfide) groups is 1. The van der Waals surface area contributed by atoms with Gasteiger partial charge in [0.2, 0.25) is 5.91 Å². The lowest BCUT2D eigenvalue weighted by Crippen LogP contribution is -2.36. The lowest BCUT2D eigenvalue weighted by molar-refractivity contribution is -0.127. The Kier molecular flexibility index (Phi) is 7.49. The molecule has 1 saturated heterocycles. The number of carboxylic acids is 1. The fraction of sp³-hybridized carbons (Fsp3) is 0.185. The average molecular weight is 520 g/mol. The van der Waals surface area contributed by atoms with Gasteiger partial charge in [-0.1, -0.05) is 12.1 Å². The zero-order valence-corrected chi connectivity index (χ0v) is 21.3. The molecular formula is C27H25N3O6S. The van der Waals surface area contributed by atoms with Crippen LogP contribution in [-0.4, -0.2) is 50.7 Å². The molecule has 0 bridgehead atoms. The lowest BCUT2D eigenvalue weighted by atomic mass is 10.1. The second-order valence-corrected chi connectivity index (χ2v) is 9.25. The largest absolute Gasteiger partial charge is 0.494 e. The number of para-hydroxylation sites is 1. The summed E-state index contributed by atoms with van der Waals surface area (Å²) >= 11 is 0.759. The highest BCUT2D eigenvalue weighted by Gasteiger charge is 2.36. The highest BCUT2D eigenvalue weighted by Crippen LogP contribution is 2.34. The summed E-state index contributed by atoms with van der Waals surface area (Å²) in [6.07, 6.45) is 1.59. The van der Waals surface area contributed by atoms with Gasteiger partial charge in [-0.15, -0.1) is 0 Å². The number of carbonyl (C=O) groups excluding carboxylic acids is 3. The zero-order chi connectivity index (χ0) is 26.7. The molecule has 1 aliphatic rings. The number of imide groups is 1. The van der Waals surface area contributed by atoms with E-state index in [2.05, 4.69) is 5.32 Å². The predicted octanol–water partition coefficient (Wildman–Crippen LogP) is 4.87. The molecule has 1 aromatic heterocycles. The molecule has 0 radical (unpaired) electrons. The Labute approximate surface area is 217 Å². The number of hydrogen-bond donors (Lipinski definition) is 2. The van der Waals surface area contributed by atoms with E-state index in [1.165, 1.54) is 6.07 Å². The highest BCUT2D eigenvalue weighted by atomic mass is 32.2. The first-order valence-electron chi connectivity index (χ1n) is 11.5. The molecular weight excluding hydrogens is 494 g/mol. The van der Waals surface area contributed by atoms with Crippen molar-refractivity contribution in [3.05, 3.63) is 82.0 Å². The summed E-state index contributed by atoms with van der Waals surface area (Å²) < 4.78 is 7.17. The van der Waals surface area contributed by atoms with Crippen molar-refractivity contribution in [1.82, 2.24) is 9.47 Å². The number of aromatic nitrogens is 1. The van der Waals surface area contributed by atoms with Gasteiger partial charge >= 0.3 is 5.97 Å². The molecule has 0 saturated carbocycles. The standard InChI is InChI=1S/C27H25N3O6S/c1-4-36-20-11-9-19(10-12-20)28-24(31)15-29-25(32)23(37-27(29)35)14-18-13-16(2)30(17(18)3)22-8-6-5-7-21(22)26(33)34/h5-14H,4,15H2,1-3H3,(H,28,31)(H,33,34)/b23-14-. The van der Waals surface area contributed by atoms with E-state index in [4.69, 9.17) is 4.74 Å². The Bertz CT molecular complexity index is 1420. The molecule has 3 aromatic rings. The maximum absolute atomic E-state index is 13.0. The number of aryl methyl sites for hydroxylation is 1. The van der Waals surface area contributed by atoms with Gasteiger partial charge in [-0.25, -0.2) is 4.79 Å². The van der Waals surface area contributed by atoms with Crippen molar-refractivity contribution in [3.8, 4) is 11.4 Å². The number of carbonyl (C=O) groups is 4. The van der Waals surface area contributed by atoms with Crippen LogP contribution in [0.25, 0.3) is 11.8 Å². The summed E-state index contributed by atoms with van der Waals surface area (Å²) in [7, 11) is 0. The Balaban J connectivity index is 1.52. The smallest absolute Gasteiger partial charge is 0.337 e. The van der Waals surface area contributed by atoms with Crippen molar-refractivity contribution in [3.63, 3.8) is 0 Å². The molecule has 0 spiro atoms. The average Bonchev–Trinajstić information content (AvgIpc) is 3.29. The number of carboxylic acid groups (broad SMARTS) is 1. The Morgan fingerprint density at radius 2 is 1.78 bits per heavy atom. The molecule has 2 N–H and O–H groups in total. The van der Waals surface area contributed by atoms with E-state index in [1.807, 2.05) is 26.8 Å². The highest BCUT2D eigenvalue weighted by molar-refractivity contribution is 8.18.